The predicted molar refractivity (Wildman–Crippen MR) is 101 cm³/mol. The van der Waals surface area contributed by atoms with Crippen LogP contribution in [0.3, 0.4) is 0 Å². The molecule has 2 heteroatoms. The summed E-state index contributed by atoms with van der Waals surface area (Å²) in [6.07, 6.45) is 0. The van der Waals surface area contributed by atoms with Gasteiger partial charge in [0.25, 0.3) is 0 Å². The number of aryl methyl sites for hydroxylation is 1. The minimum Gasteiger partial charge on any atom is -0.397 e. The van der Waals surface area contributed by atoms with E-state index in [0.717, 1.165) is 10.9 Å². The van der Waals surface area contributed by atoms with Crippen LogP contribution < -0.4 is 11.5 Å². The lowest BCUT2D eigenvalue weighted by atomic mass is 9.87. The summed E-state index contributed by atoms with van der Waals surface area (Å²) in [6.45, 7) is 2.05. The molecule has 0 radical (unpaired) electrons. The zero-order valence-corrected chi connectivity index (χ0v) is 12.9. The summed E-state index contributed by atoms with van der Waals surface area (Å²) in [7, 11) is 0. The van der Waals surface area contributed by atoms with Crippen LogP contribution in [0.1, 0.15) is 5.56 Å². The number of nitrogens with two attached hydrogens (primary N) is 2. The van der Waals surface area contributed by atoms with E-state index in [1.165, 1.54) is 37.7 Å². The normalized spacial score (nSPS) is 12.0. The van der Waals surface area contributed by atoms with Gasteiger partial charge in [0.1, 0.15) is 0 Å². The van der Waals surface area contributed by atoms with Gasteiger partial charge in [0.15, 0.2) is 0 Å². The van der Waals surface area contributed by atoms with Crippen LogP contribution in [0.4, 0.5) is 11.4 Å². The predicted octanol–water partition coefficient (Wildman–Crippen LogP) is 5.21. The van der Waals surface area contributed by atoms with E-state index in [1.54, 1.807) is 0 Å². The zero-order chi connectivity index (χ0) is 15.7. The van der Waals surface area contributed by atoms with Crippen molar-refractivity contribution in [3.05, 3.63) is 60.2 Å². The van der Waals surface area contributed by atoms with Crippen LogP contribution in [0.25, 0.3) is 43.1 Å². The van der Waals surface area contributed by atoms with Crippen LogP contribution in [-0.4, -0.2) is 0 Å². The summed E-state index contributed by atoms with van der Waals surface area (Å²) in [5.74, 6) is 0. The Hall–Kier alpha value is -3.00. The third kappa shape index (κ3) is 1.38. The number of fused-ring (bicyclic) bond motifs is 2. The lowest BCUT2D eigenvalue weighted by Gasteiger charge is -2.18. The second kappa shape index (κ2) is 4.05. The van der Waals surface area contributed by atoms with Gasteiger partial charge in [-0.3, -0.25) is 0 Å². The number of nitrogen functional groups attached to an aromatic ring is 2. The van der Waals surface area contributed by atoms with Gasteiger partial charge in [-0.05, 0) is 50.2 Å². The number of anilines is 2. The van der Waals surface area contributed by atoms with Gasteiger partial charge < -0.3 is 11.5 Å². The molecule has 0 atom stereocenters. The SMILES string of the molecule is Cc1c(N)c(N)c2c3cccc4cccc(c5cccc1c52)c43. The molecule has 5 aromatic carbocycles. The molecule has 0 amide bonds. The number of benzene rings is 5. The van der Waals surface area contributed by atoms with Crippen LogP contribution in [0, 0.1) is 6.92 Å². The molecular formula is C21H16N2. The van der Waals surface area contributed by atoms with E-state index >= 15 is 0 Å². The fraction of sp³-hybridized carbons (Fsp3) is 0.0476. The molecule has 0 aliphatic rings. The maximum absolute atomic E-state index is 6.47. The number of hydrogen-bond acceptors (Lipinski definition) is 2. The van der Waals surface area contributed by atoms with Crippen LogP contribution in [0.15, 0.2) is 54.6 Å². The minimum atomic E-state index is 0.695. The first-order valence-electron chi connectivity index (χ1n) is 7.81. The minimum absolute atomic E-state index is 0.695. The Morgan fingerprint density at radius 3 is 1.87 bits per heavy atom. The van der Waals surface area contributed by atoms with Crippen LogP contribution in [0.2, 0.25) is 0 Å². The Labute approximate surface area is 133 Å². The molecule has 0 aliphatic heterocycles. The summed E-state index contributed by atoms with van der Waals surface area (Å²) in [6, 6.07) is 19.3. The highest BCUT2D eigenvalue weighted by Gasteiger charge is 2.17. The van der Waals surface area contributed by atoms with Crippen molar-refractivity contribution in [1.82, 2.24) is 0 Å². The number of rotatable bonds is 0. The summed E-state index contributed by atoms with van der Waals surface area (Å²) in [5.41, 5.74) is 15.2. The molecule has 0 fully saturated rings. The van der Waals surface area contributed by atoms with Gasteiger partial charge in [0, 0.05) is 5.39 Å². The molecule has 0 unspecified atom stereocenters. The molecule has 0 bridgehead atoms. The van der Waals surface area contributed by atoms with Gasteiger partial charge in [-0.15, -0.1) is 0 Å². The molecule has 0 spiro atoms. The first-order valence-corrected chi connectivity index (χ1v) is 7.81. The van der Waals surface area contributed by atoms with Gasteiger partial charge in [0.2, 0.25) is 0 Å². The Bertz CT molecular complexity index is 1230. The van der Waals surface area contributed by atoms with Crippen molar-refractivity contribution in [2.24, 2.45) is 0 Å². The van der Waals surface area contributed by atoms with Gasteiger partial charge in [-0.25, -0.2) is 0 Å². The number of hydrogen-bond donors (Lipinski definition) is 2. The summed E-state index contributed by atoms with van der Waals surface area (Å²) < 4.78 is 0. The van der Waals surface area contributed by atoms with E-state index < -0.39 is 0 Å². The van der Waals surface area contributed by atoms with Gasteiger partial charge >= 0.3 is 0 Å². The van der Waals surface area contributed by atoms with Gasteiger partial charge in [-0.1, -0.05) is 54.6 Å². The molecule has 2 nitrogen and oxygen atoms in total. The standard InChI is InChI=1S/C21H16N2/c1-11-13-7-4-9-15-14-8-2-5-12-6-3-10-16(17(12)14)19(18(13)15)21(23)20(11)22/h2-10H,22-23H2,1H3. The fourth-order valence-corrected chi connectivity index (χ4v) is 4.03. The largest absolute Gasteiger partial charge is 0.397 e. The van der Waals surface area contributed by atoms with E-state index in [2.05, 4.69) is 61.5 Å². The van der Waals surface area contributed by atoms with E-state index in [1.807, 2.05) is 0 Å². The van der Waals surface area contributed by atoms with E-state index in [9.17, 15) is 0 Å². The lowest BCUT2D eigenvalue weighted by molar-refractivity contribution is 1.54. The van der Waals surface area contributed by atoms with Crippen LogP contribution >= 0.6 is 0 Å². The second-order valence-electron chi connectivity index (χ2n) is 6.26. The van der Waals surface area contributed by atoms with Crippen LogP contribution in [0.5, 0.6) is 0 Å². The highest BCUT2D eigenvalue weighted by Crippen LogP contribution is 2.45. The van der Waals surface area contributed by atoms with E-state index in [0.29, 0.717) is 11.4 Å². The smallest absolute Gasteiger partial charge is 0.0637 e. The van der Waals surface area contributed by atoms with Crippen molar-refractivity contribution < 1.29 is 0 Å². The second-order valence-corrected chi connectivity index (χ2v) is 6.26. The molecule has 0 saturated carbocycles. The molecular weight excluding hydrogens is 280 g/mol. The third-order valence-corrected chi connectivity index (χ3v) is 5.15. The maximum Gasteiger partial charge on any atom is 0.0637 e. The average Bonchev–Trinajstić information content (AvgIpc) is 2.59. The highest BCUT2D eigenvalue weighted by atomic mass is 14.7. The summed E-state index contributed by atoms with van der Waals surface area (Å²) >= 11 is 0. The van der Waals surface area contributed by atoms with E-state index in [4.69, 9.17) is 11.5 Å². The summed E-state index contributed by atoms with van der Waals surface area (Å²) in [5, 5.41) is 9.72. The van der Waals surface area contributed by atoms with E-state index in [-0.39, 0.29) is 0 Å². The van der Waals surface area contributed by atoms with Crippen LogP contribution in [-0.2, 0) is 0 Å². The van der Waals surface area contributed by atoms with Crippen molar-refractivity contribution >= 4 is 54.5 Å². The molecule has 5 aromatic rings. The molecule has 0 aromatic heterocycles. The van der Waals surface area contributed by atoms with Gasteiger partial charge in [0.05, 0.1) is 11.4 Å². The first kappa shape index (κ1) is 12.5. The topological polar surface area (TPSA) is 52.0 Å². The highest BCUT2D eigenvalue weighted by molar-refractivity contribution is 6.36. The van der Waals surface area contributed by atoms with Crippen molar-refractivity contribution in [2.45, 2.75) is 6.92 Å². The molecule has 0 aliphatic carbocycles. The Morgan fingerprint density at radius 2 is 1.13 bits per heavy atom. The van der Waals surface area contributed by atoms with Crippen molar-refractivity contribution in [1.29, 1.82) is 0 Å². The molecule has 4 N–H and O–H groups in total. The third-order valence-electron chi connectivity index (χ3n) is 5.15. The van der Waals surface area contributed by atoms with Crippen molar-refractivity contribution in [2.75, 3.05) is 11.5 Å². The van der Waals surface area contributed by atoms with Crippen molar-refractivity contribution in [3.63, 3.8) is 0 Å². The monoisotopic (exact) mass is 296 g/mol. The Kier molecular flexibility index (Phi) is 2.21. The fourth-order valence-electron chi connectivity index (χ4n) is 4.03. The molecule has 23 heavy (non-hydrogen) atoms. The molecule has 5 rings (SSSR count). The van der Waals surface area contributed by atoms with Crippen molar-refractivity contribution in [3.8, 4) is 0 Å². The maximum atomic E-state index is 6.47. The zero-order valence-electron chi connectivity index (χ0n) is 12.9. The Balaban J connectivity index is 2.32. The molecule has 0 heterocycles. The molecule has 0 saturated heterocycles. The molecule has 110 valence electrons. The lowest BCUT2D eigenvalue weighted by Crippen LogP contribution is -2.01. The summed E-state index contributed by atoms with van der Waals surface area (Å²) in [4.78, 5) is 0. The first-order chi connectivity index (χ1) is 11.2. The van der Waals surface area contributed by atoms with Gasteiger partial charge in [-0.2, -0.15) is 0 Å². The Morgan fingerprint density at radius 1 is 0.565 bits per heavy atom. The quantitative estimate of drug-likeness (QED) is 0.234. The average molecular weight is 296 g/mol.